The Balaban J connectivity index is 2.81. The van der Waals surface area contributed by atoms with Crippen molar-refractivity contribution in [2.45, 2.75) is 0 Å². The molecule has 1 aliphatic heterocycles. The second kappa shape index (κ2) is 6.40. The predicted molar refractivity (Wildman–Crippen MR) is 59.4 cm³/mol. The van der Waals surface area contributed by atoms with E-state index < -0.39 is 23.5 Å². The summed E-state index contributed by atoms with van der Waals surface area (Å²) in [5, 5.41) is 3.86. The maximum atomic E-state index is 11.8. The molecule has 12 nitrogen and oxygen atoms in total. The number of hydroxylamine groups is 2. The number of hydrogen-bond acceptors (Lipinski definition) is 8. The van der Waals surface area contributed by atoms with E-state index in [-0.39, 0.29) is 13.1 Å². The van der Waals surface area contributed by atoms with Crippen molar-refractivity contribution in [3.63, 3.8) is 0 Å². The van der Waals surface area contributed by atoms with Gasteiger partial charge in [0.2, 0.25) is 0 Å². The van der Waals surface area contributed by atoms with Crippen LogP contribution in [0, 0.1) is 0 Å². The lowest BCUT2D eigenvalue weighted by Gasteiger charge is -2.28. The number of piperazine rings is 1. The van der Waals surface area contributed by atoms with Crippen LogP contribution in [0.15, 0.2) is 0 Å². The quantitative estimate of drug-likeness (QED) is 0.379. The Morgan fingerprint density at radius 1 is 0.895 bits per heavy atom. The van der Waals surface area contributed by atoms with Crippen LogP contribution in [0.2, 0.25) is 0 Å². The molecule has 15 heteroatoms. The van der Waals surface area contributed by atoms with E-state index in [9.17, 15) is 13.7 Å². The first kappa shape index (κ1) is 17.4. The van der Waals surface area contributed by atoms with Gasteiger partial charge >= 0.3 is 23.5 Å². The van der Waals surface area contributed by atoms with Crippen molar-refractivity contribution < 1.29 is 46.5 Å². The van der Waals surface area contributed by atoms with E-state index in [0.29, 0.717) is 13.1 Å². The predicted octanol–water partition coefficient (Wildman–Crippen LogP) is -0.850. The number of phosphoric acid groups is 3. The highest BCUT2D eigenvalue weighted by molar-refractivity contribution is 7.66. The Labute approximate surface area is 107 Å². The van der Waals surface area contributed by atoms with Crippen LogP contribution < -0.4 is 5.32 Å². The molecular formula is C4H13N2O10P3. The summed E-state index contributed by atoms with van der Waals surface area (Å²) < 4.78 is 45.1. The van der Waals surface area contributed by atoms with Crippen LogP contribution in [0.5, 0.6) is 0 Å². The summed E-state index contributed by atoms with van der Waals surface area (Å²) in [7, 11) is -15.8. The molecule has 1 fully saturated rings. The summed E-state index contributed by atoms with van der Waals surface area (Å²) >= 11 is 0. The van der Waals surface area contributed by atoms with Crippen molar-refractivity contribution in [2.24, 2.45) is 0 Å². The first-order chi connectivity index (χ1) is 8.49. The molecule has 0 aromatic heterocycles. The minimum absolute atomic E-state index is 0.152. The Morgan fingerprint density at radius 3 is 1.68 bits per heavy atom. The van der Waals surface area contributed by atoms with Gasteiger partial charge in [-0.15, -0.1) is 0 Å². The summed E-state index contributed by atoms with van der Waals surface area (Å²) in [6, 6.07) is 0. The molecule has 0 aromatic rings. The van der Waals surface area contributed by atoms with E-state index in [2.05, 4.69) is 18.6 Å². The molecule has 1 aliphatic rings. The van der Waals surface area contributed by atoms with E-state index in [4.69, 9.17) is 19.6 Å². The van der Waals surface area contributed by atoms with Crippen LogP contribution in [0.1, 0.15) is 0 Å². The minimum Gasteiger partial charge on any atom is -0.314 e. The molecule has 1 heterocycles. The average Bonchev–Trinajstić information content (AvgIpc) is 2.11. The summed E-state index contributed by atoms with van der Waals surface area (Å²) in [6.07, 6.45) is 0. The first-order valence-electron chi connectivity index (χ1n) is 4.78. The van der Waals surface area contributed by atoms with Gasteiger partial charge in [-0.2, -0.15) is 18.3 Å². The van der Waals surface area contributed by atoms with Crippen molar-refractivity contribution in [3.8, 4) is 0 Å². The van der Waals surface area contributed by atoms with Crippen LogP contribution in [-0.4, -0.2) is 50.8 Å². The van der Waals surface area contributed by atoms with Gasteiger partial charge in [0.15, 0.2) is 0 Å². The third-order valence-corrected chi connectivity index (χ3v) is 5.44. The first-order valence-corrected chi connectivity index (χ1v) is 9.30. The van der Waals surface area contributed by atoms with Gasteiger partial charge in [-0.25, -0.2) is 13.7 Å². The lowest BCUT2D eigenvalue weighted by molar-refractivity contribution is -0.0864. The summed E-state index contributed by atoms with van der Waals surface area (Å²) in [4.78, 5) is 34.2. The van der Waals surface area contributed by atoms with E-state index in [1.165, 1.54) is 0 Å². The maximum Gasteiger partial charge on any atom is 0.509 e. The third-order valence-electron chi connectivity index (χ3n) is 1.70. The largest absolute Gasteiger partial charge is 0.509 e. The molecule has 0 aromatic carbocycles. The molecule has 1 saturated heterocycles. The fourth-order valence-corrected chi connectivity index (χ4v) is 4.33. The molecule has 0 unspecified atom stereocenters. The fourth-order valence-electron chi connectivity index (χ4n) is 1.17. The van der Waals surface area contributed by atoms with Gasteiger partial charge in [0, 0.05) is 26.2 Å². The van der Waals surface area contributed by atoms with E-state index in [1.54, 1.807) is 0 Å². The van der Waals surface area contributed by atoms with Gasteiger partial charge < -0.3 is 24.9 Å². The topological polar surface area (TPSA) is 175 Å². The molecule has 0 amide bonds. The summed E-state index contributed by atoms with van der Waals surface area (Å²) in [5.74, 6) is 0. The number of nitrogens with zero attached hydrogens (tertiary/aromatic N) is 1. The zero-order valence-corrected chi connectivity index (χ0v) is 12.0. The van der Waals surface area contributed by atoms with Crippen LogP contribution >= 0.6 is 23.5 Å². The molecular weight excluding hydrogens is 329 g/mol. The zero-order valence-electron chi connectivity index (χ0n) is 9.36. The van der Waals surface area contributed by atoms with Gasteiger partial charge in [-0.1, -0.05) is 0 Å². The lowest BCUT2D eigenvalue weighted by Crippen LogP contribution is -2.42. The Morgan fingerprint density at radius 2 is 1.32 bits per heavy atom. The van der Waals surface area contributed by atoms with Crippen molar-refractivity contribution in [1.29, 1.82) is 0 Å². The standard InChI is InChI=1S/C4H13N2O10P3/c7-17(8,9)15-19(13,16-18(10,11)12)14-6-3-1-5-2-4-6/h5H,1-4H2,(H2,7,8,9)(H2,10,11,12). The summed E-state index contributed by atoms with van der Waals surface area (Å²) in [5.41, 5.74) is 0. The Hall–Kier alpha value is 0.330. The Kier molecular flexibility index (Phi) is 5.85. The van der Waals surface area contributed by atoms with Crippen molar-refractivity contribution in [2.75, 3.05) is 26.2 Å². The summed E-state index contributed by atoms with van der Waals surface area (Å²) in [6.45, 7) is 1.12. The molecule has 114 valence electrons. The fraction of sp³-hybridized carbons (Fsp3) is 1.00. The number of rotatable bonds is 6. The molecule has 19 heavy (non-hydrogen) atoms. The second-order valence-corrected chi connectivity index (χ2v) is 7.68. The van der Waals surface area contributed by atoms with Gasteiger partial charge in [-0.3, -0.25) is 0 Å². The van der Waals surface area contributed by atoms with E-state index in [0.717, 1.165) is 5.06 Å². The van der Waals surface area contributed by atoms with Gasteiger partial charge in [0.1, 0.15) is 0 Å². The normalized spacial score (nSPS) is 19.6. The highest BCUT2D eigenvalue weighted by Crippen LogP contribution is 2.68. The molecule has 5 N–H and O–H groups in total. The molecule has 1 rings (SSSR count). The lowest BCUT2D eigenvalue weighted by atomic mass is 10.4. The number of hydrogen-bond donors (Lipinski definition) is 5. The molecule has 0 atom stereocenters. The minimum atomic E-state index is -5.34. The van der Waals surface area contributed by atoms with E-state index in [1.807, 2.05) is 0 Å². The van der Waals surface area contributed by atoms with Crippen LogP contribution in [-0.2, 0) is 26.9 Å². The van der Waals surface area contributed by atoms with Crippen molar-refractivity contribution in [1.82, 2.24) is 10.4 Å². The van der Waals surface area contributed by atoms with Crippen molar-refractivity contribution >= 4 is 23.5 Å². The van der Waals surface area contributed by atoms with Gasteiger partial charge in [0.25, 0.3) is 0 Å². The third kappa shape index (κ3) is 7.62. The highest BCUT2D eigenvalue weighted by atomic mass is 31.3. The SMILES string of the molecule is O=P(O)(O)OP(=O)(ON1CCNCC1)OP(=O)(O)O. The average molecular weight is 342 g/mol. The number of nitrogens with one attached hydrogen (secondary N) is 1. The monoisotopic (exact) mass is 342 g/mol. The maximum absolute atomic E-state index is 11.8. The van der Waals surface area contributed by atoms with Crippen LogP contribution in [0.25, 0.3) is 0 Å². The molecule has 0 radical (unpaired) electrons. The highest BCUT2D eigenvalue weighted by Gasteiger charge is 2.44. The second-order valence-electron chi connectivity index (χ2n) is 3.35. The van der Waals surface area contributed by atoms with Crippen LogP contribution in [0.3, 0.4) is 0 Å². The van der Waals surface area contributed by atoms with E-state index >= 15 is 0 Å². The molecule has 0 saturated carbocycles. The zero-order chi connectivity index (χ0) is 14.7. The van der Waals surface area contributed by atoms with Gasteiger partial charge in [0.05, 0.1) is 0 Å². The smallest absolute Gasteiger partial charge is 0.314 e. The molecule has 0 spiro atoms. The Bertz CT molecular complexity index is 408. The van der Waals surface area contributed by atoms with Gasteiger partial charge in [-0.05, 0) is 0 Å². The van der Waals surface area contributed by atoms with Crippen LogP contribution in [0.4, 0.5) is 0 Å². The molecule has 0 bridgehead atoms. The molecule has 0 aliphatic carbocycles. The van der Waals surface area contributed by atoms with Crippen molar-refractivity contribution in [3.05, 3.63) is 0 Å².